The van der Waals surface area contributed by atoms with E-state index in [1.165, 1.54) is 6.21 Å². The van der Waals surface area contributed by atoms with E-state index in [9.17, 15) is 9.59 Å². The zero-order chi connectivity index (χ0) is 26.1. The summed E-state index contributed by atoms with van der Waals surface area (Å²) in [4.78, 5) is 25.3. The monoisotopic (exact) mass is 571 g/mol. The Labute approximate surface area is 224 Å². The maximum Gasteiger partial charge on any atom is 0.262 e. The van der Waals surface area contributed by atoms with Crippen molar-refractivity contribution in [2.24, 2.45) is 11.0 Å². The van der Waals surface area contributed by atoms with Crippen molar-refractivity contribution < 1.29 is 19.1 Å². The molecule has 0 aliphatic carbocycles. The Hall–Kier alpha value is -3.36. The number of carbonyl (C=O) groups excluding carboxylic acids is 2. The Kier molecular flexibility index (Phi) is 9.90. The van der Waals surface area contributed by atoms with Crippen molar-refractivity contribution in [1.82, 2.24) is 10.7 Å². The number of halogens is 2. The Morgan fingerprint density at radius 1 is 1.06 bits per heavy atom. The average Bonchev–Trinajstić information content (AvgIpc) is 2.86. The highest BCUT2D eigenvalue weighted by Gasteiger charge is 2.24. The molecule has 3 rings (SSSR count). The van der Waals surface area contributed by atoms with E-state index in [-0.39, 0.29) is 5.92 Å². The van der Waals surface area contributed by atoms with Crippen LogP contribution < -0.4 is 20.2 Å². The third-order valence-electron chi connectivity index (χ3n) is 5.21. The van der Waals surface area contributed by atoms with Crippen LogP contribution >= 0.6 is 27.5 Å². The van der Waals surface area contributed by atoms with Crippen molar-refractivity contribution in [1.29, 1.82) is 0 Å². The van der Waals surface area contributed by atoms with E-state index in [0.29, 0.717) is 34.3 Å². The smallest absolute Gasteiger partial charge is 0.262 e. The van der Waals surface area contributed by atoms with Gasteiger partial charge in [0.2, 0.25) is 0 Å². The lowest BCUT2D eigenvalue weighted by molar-refractivity contribution is -0.123. The molecular weight excluding hydrogens is 546 g/mol. The molecule has 1 atom stereocenters. The summed E-state index contributed by atoms with van der Waals surface area (Å²) < 4.78 is 12.3. The van der Waals surface area contributed by atoms with Gasteiger partial charge >= 0.3 is 0 Å². The molecule has 0 aliphatic rings. The standard InChI is InChI=1S/C27H27BrClN3O4/c1-17(2)25(31-26(33)20-5-4-6-22(29)14-20)27(34)32-30-15-19-9-12-23(24(13-19)35-3)36-16-18-7-10-21(28)11-8-18/h4-15,17,25H,16H2,1-3H3,(H,31,33)(H,32,34). The maximum absolute atomic E-state index is 12.7. The van der Waals surface area contributed by atoms with Gasteiger partial charge < -0.3 is 14.8 Å². The summed E-state index contributed by atoms with van der Waals surface area (Å²) in [5, 5.41) is 7.23. The Morgan fingerprint density at radius 2 is 1.81 bits per heavy atom. The summed E-state index contributed by atoms with van der Waals surface area (Å²) in [6.45, 7) is 4.07. The predicted octanol–water partition coefficient (Wildman–Crippen LogP) is 5.59. The molecule has 0 radical (unpaired) electrons. The van der Waals surface area contributed by atoms with Crippen LogP contribution in [0.2, 0.25) is 5.02 Å². The van der Waals surface area contributed by atoms with Crippen LogP contribution in [-0.4, -0.2) is 31.2 Å². The van der Waals surface area contributed by atoms with Gasteiger partial charge in [0.05, 0.1) is 13.3 Å². The molecule has 2 amide bonds. The number of benzene rings is 3. The first-order valence-corrected chi connectivity index (χ1v) is 12.4. The maximum atomic E-state index is 12.7. The number of nitrogens with zero attached hydrogens (tertiary/aromatic N) is 1. The molecule has 36 heavy (non-hydrogen) atoms. The first-order valence-electron chi connectivity index (χ1n) is 11.2. The summed E-state index contributed by atoms with van der Waals surface area (Å²) in [5.41, 5.74) is 4.60. The van der Waals surface area contributed by atoms with Gasteiger partial charge in [0.25, 0.3) is 11.8 Å². The van der Waals surface area contributed by atoms with Crippen LogP contribution in [0.1, 0.15) is 35.3 Å². The van der Waals surface area contributed by atoms with E-state index in [2.05, 4.69) is 31.8 Å². The van der Waals surface area contributed by atoms with Crippen LogP contribution in [0, 0.1) is 5.92 Å². The van der Waals surface area contributed by atoms with E-state index >= 15 is 0 Å². The van der Waals surface area contributed by atoms with Crippen molar-refractivity contribution in [3.05, 3.63) is 92.9 Å². The lowest BCUT2D eigenvalue weighted by atomic mass is 10.0. The van der Waals surface area contributed by atoms with E-state index in [1.54, 1.807) is 49.6 Å². The molecule has 188 valence electrons. The molecule has 0 aliphatic heterocycles. The molecule has 7 nitrogen and oxygen atoms in total. The van der Waals surface area contributed by atoms with Crippen LogP contribution in [0.4, 0.5) is 0 Å². The Bertz CT molecular complexity index is 1230. The molecule has 0 fully saturated rings. The number of amides is 2. The van der Waals surface area contributed by atoms with E-state index < -0.39 is 17.9 Å². The highest BCUT2D eigenvalue weighted by Crippen LogP contribution is 2.28. The quantitative estimate of drug-likeness (QED) is 0.245. The second-order valence-electron chi connectivity index (χ2n) is 8.27. The minimum atomic E-state index is -0.780. The summed E-state index contributed by atoms with van der Waals surface area (Å²) >= 11 is 9.38. The van der Waals surface area contributed by atoms with Crippen LogP contribution in [-0.2, 0) is 11.4 Å². The fourth-order valence-electron chi connectivity index (χ4n) is 3.25. The van der Waals surface area contributed by atoms with E-state index in [4.69, 9.17) is 21.1 Å². The van der Waals surface area contributed by atoms with Gasteiger partial charge in [0.1, 0.15) is 12.6 Å². The van der Waals surface area contributed by atoms with Gasteiger partial charge in [-0.15, -0.1) is 0 Å². The number of carbonyl (C=O) groups is 2. The van der Waals surface area contributed by atoms with Gasteiger partial charge in [0.15, 0.2) is 11.5 Å². The molecule has 0 saturated carbocycles. The van der Waals surface area contributed by atoms with Gasteiger partial charge in [0, 0.05) is 15.1 Å². The zero-order valence-corrected chi connectivity index (χ0v) is 22.5. The number of hydrogen-bond donors (Lipinski definition) is 2. The topological polar surface area (TPSA) is 89.0 Å². The molecule has 0 aromatic heterocycles. The molecule has 3 aromatic carbocycles. The van der Waals surface area contributed by atoms with Gasteiger partial charge in [-0.2, -0.15) is 5.10 Å². The molecule has 9 heteroatoms. The van der Waals surface area contributed by atoms with Gasteiger partial charge in [-0.1, -0.05) is 59.6 Å². The second kappa shape index (κ2) is 13.1. The predicted molar refractivity (Wildman–Crippen MR) is 145 cm³/mol. The highest BCUT2D eigenvalue weighted by atomic mass is 79.9. The largest absolute Gasteiger partial charge is 0.493 e. The number of hydrazone groups is 1. The fraction of sp³-hybridized carbons (Fsp3) is 0.222. The van der Waals surface area contributed by atoms with Crippen molar-refractivity contribution in [2.45, 2.75) is 26.5 Å². The number of methoxy groups -OCH3 is 1. The fourth-order valence-corrected chi connectivity index (χ4v) is 3.71. The summed E-state index contributed by atoms with van der Waals surface area (Å²) in [5.74, 6) is 0.142. The number of nitrogens with one attached hydrogen (secondary N) is 2. The van der Waals surface area contributed by atoms with Crippen LogP contribution in [0.3, 0.4) is 0 Å². The SMILES string of the molecule is COc1cc(C=NNC(=O)C(NC(=O)c2cccc(Cl)c2)C(C)C)ccc1OCc1ccc(Br)cc1. The van der Waals surface area contributed by atoms with Gasteiger partial charge in [-0.3, -0.25) is 9.59 Å². The number of rotatable bonds is 10. The second-order valence-corrected chi connectivity index (χ2v) is 9.62. The number of hydrogen-bond acceptors (Lipinski definition) is 5. The third kappa shape index (κ3) is 7.83. The van der Waals surface area contributed by atoms with E-state index in [0.717, 1.165) is 10.0 Å². The lowest BCUT2D eigenvalue weighted by Crippen LogP contribution is -2.48. The van der Waals surface area contributed by atoms with E-state index in [1.807, 2.05) is 38.1 Å². The molecule has 0 heterocycles. The number of ether oxygens (including phenoxy) is 2. The Morgan fingerprint density at radius 3 is 2.47 bits per heavy atom. The molecule has 3 aromatic rings. The van der Waals surface area contributed by atoms with Crippen LogP contribution in [0.25, 0.3) is 0 Å². The van der Waals surface area contributed by atoms with Crippen LogP contribution in [0.5, 0.6) is 11.5 Å². The average molecular weight is 573 g/mol. The summed E-state index contributed by atoms with van der Waals surface area (Å²) in [6, 6.07) is 19.0. The first-order chi connectivity index (χ1) is 17.3. The van der Waals surface area contributed by atoms with Gasteiger partial charge in [-0.25, -0.2) is 5.43 Å². The minimum Gasteiger partial charge on any atom is -0.493 e. The summed E-state index contributed by atoms with van der Waals surface area (Å²) in [7, 11) is 1.56. The molecule has 2 N–H and O–H groups in total. The normalized spacial score (nSPS) is 11.8. The van der Waals surface area contributed by atoms with Gasteiger partial charge in [-0.05, 0) is 65.6 Å². The molecule has 0 bridgehead atoms. The molecular formula is C27H27BrClN3O4. The van der Waals surface area contributed by atoms with Crippen molar-refractivity contribution in [2.75, 3.05) is 7.11 Å². The third-order valence-corrected chi connectivity index (χ3v) is 5.97. The Balaban J connectivity index is 1.60. The molecule has 1 unspecified atom stereocenters. The zero-order valence-electron chi connectivity index (χ0n) is 20.1. The summed E-state index contributed by atoms with van der Waals surface area (Å²) in [6.07, 6.45) is 1.50. The molecule has 0 spiro atoms. The highest BCUT2D eigenvalue weighted by molar-refractivity contribution is 9.10. The lowest BCUT2D eigenvalue weighted by Gasteiger charge is -2.20. The van der Waals surface area contributed by atoms with Crippen molar-refractivity contribution >= 4 is 45.6 Å². The van der Waals surface area contributed by atoms with Crippen molar-refractivity contribution in [3.8, 4) is 11.5 Å². The molecule has 0 saturated heterocycles. The minimum absolute atomic E-state index is 0.161. The van der Waals surface area contributed by atoms with Crippen molar-refractivity contribution in [3.63, 3.8) is 0 Å². The first kappa shape index (κ1) is 27.2. The van der Waals surface area contributed by atoms with Crippen LogP contribution in [0.15, 0.2) is 76.3 Å².